The molecule has 0 spiro atoms. The molecule has 1 heterocycles. The van der Waals surface area contributed by atoms with Crippen molar-refractivity contribution in [1.29, 1.82) is 0 Å². The number of rotatable bonds is 6. The Morgan fingerprint density at radius 1 is 1.32 bits per heavy atom. The van der Waals surface area contributed by atoms with Gasteiger partial charge in [-0.1, -0.05) is 13.3 Å². The number of nitrogens with zero attached hydrogens (tertiary/aromatic N) is 2. The van der Waals surface area contributed by atoms with Gasteiger partial charge in [-0.3, -0.25) is 9.69 Å². The van der Waals surface area contributed by atoms with Crippen molar-refractivity contribution in [3.63, 3.8) is 0 Å². The number of amides is 1. The highest BCUT2D eigenvalue weighted by Crippen LogP contribution is 2.16. The molecule has 0 atom stereocenters. The molecule has 0 aromatic carbocycles. The van der Waals surface area contributed by atoms with Crippen molar-refractivity contribution in [3.05, 3.63) is 0 Å². The quantitative estimate of drug-likeness (QED) is 0.692. The van der Waals surface area contributed by atoms with Crippen LogP contribution in [0.3, 0.4) is 0 Å². The van der Waals surface area contributed by atoms with Crippen LogP contribution in [-0.4, -0.2) is 61.0 Å². The Morgan fingerprint density at radius 3 is 2.47 bits per heavy atom. The second-order valence-electron chi connectivity index (χ2n) is 5.29. The monoisotopic (exact) mass is 270 g/mol. The summed E-state index contributed by atoms with van der Waals surface area (Å²) in [4.78, 5) is 26.7. The highest BCUT2D eigenvalue weighted by molar-refractivity contribution is 5.77. The van der Waals surface area contributed by atoms with Crippen molar-refractivity contribution in [1.82, 2.24) is 9.80 Å². The van der Waals surface area contributed by atoms with E-state index in [1.807, 2.05) is 0 Å². The van der Waals surface area contributed by atoms with Gasteiger partial charge in [0.05, 0.1) is 13.2 Å². The van der Waals surface area contributed by atoms with E-state index in [0.717, 1.165) is 38.8 Å². The molecule has 1 rings (SSSR count). The van der Waals surface area contributed by atoms with Gasteiger partial charge in [0, 0.05) is 26.2 Å². The summed E-state index contributed by atoms with van der Waals surface area (Å²) in [7, 11) is 1.81. The van der Waals surface area contributed by atoms with Crippen molar-refractivity contribution in [2.45, 2.75) is 45.6 Å². The molecule has 1 amide bonds. The van der Waals surface area contributed by atoms with E-state index in [0.29, 0.717) is 13.2 Å². The normalized spacial score (nSPS) is 17.2. The minimum absolute atomic E-state index is 0.200. The van der Waals surface area contributed by atoms with E-state index in [1.54, 1.807) is 18.9 Å². The third-order valence-electron chi connectivity index (χ3n) is 3.56. The van der Waals surface area contributed by atoms with E-state index in [1.165, 1.54) is 0 Å². The fourth-order valence-electron chi connectivity index (χ4n) is 2.33. The number of ketones is 1. The molecule has 0 saturated carbocycles. The molecule has 1 saturated heterocycles. The Hall–Kier alpha value is -1.10. The molecule has 19 heavy (non-hydrogen) atoms. The Kier molecular flexibility index (Phi) is 6.84. The molecule has 110 valence electrons. The molecule has 0 aliphatic carbocycles. The van der Waals surface area contributed by atoms with Crippen molar-refractivity contribution in [3.8, 4) is 0 Å². The van der Waals surface area contributed by atoms with Gasteiger partial charge in [-0.2, -0.15) is 0 Å². The second-order valence-corrected chi connectivity index (χ2v) is 5.29. The molecule has 1 aliphatic rings. The first-order chi connectivity index (χ1) is 9.04. The van der Waals surface area contributed by atoms with Crippen molar-refractivity contribution < 1.29 is 14.3 Å². The zero-order chi connectivity index (χ0) is 14.3. The number of ether oxygens (including phenoxy) is 1. The maximum atomic E-state index is 11.8. The number of Topliss-reactive ketones (excluding diaryl/α,β-unsaturated/α-hetero) is 1. The lowest BCUT2D eigenvalue weighted by Gasteiger charge is -2.35. The first-order valence-electron chi connectivity index (χ1n) is 7.16. The summed E-state index contributed by atoms with van der Waals surface area (Å²) < 4.78 is 5.21. The molecule has 0 bridgehead atoms. The standard InChI is InChI=1S/C14H26N2O3/c1-4-5-10-19-14(18)15(3)13-6-8-16(9-7-13)11-12(2)17/h13H,4-11H2,1-3H3. The Morgan fingerprint density at radius 2 is 1.95 bits per heavy atom. The van der Waals surface area contributed by atoms with Crippen molar-refractivity contribution >= 4 is 11.9 Å². The smallest absolute Gasteiger partial charge is 0.409 e. The summed E-state index contributed by atoms with van der Waals surface area (Å²) in [5.41, 5.74) is 0. The van der Waals surface area contributed by atoms with Crippen LogP contribution in [-0.2, 0) is 9.53 Å². The Balaban J connectivity index is 2.29. The molecular formula is C14H26N2O3. The summed E-state index contributed by atoms with van der Waals surface area (Å²) in [6.07, 6.45) is 3.54. The highest BCUT2D eigenvalue weighted by atomic mass is 16.6. The number of carbonyl (C=O) groups excluding carboxylic acids is 2. The fraction of sp³-hybridized carbons (Fsp3) is 0.857. The maximum absolute atomic E-state index is 11.8. The van der Waals surface area contributed by atoms with Crippen molar-refractivity contribution in [2.75, 3.05) is 33.3 Å². The molecule has 5 nitrogen and oxygen atoms in total. The SMILES string of the molecule is CCCCOC(=O)N(C)C1CCN(CC(C)=O)CC1. The zero-order valence-electron chi connectivity index (χ0n) is 12.4. The van der Waals surface area contributed by atoms with Crippen LogP contribution in [0, 0.1) is 0 Å². The van der Waals surface area contributed by atoms with E-state index < -0.39 is 0 Å². The van der Waals surface area contributed by atoms with Gasteiger partial charge in [-0.25, -0.2) is 4.79 Å². The highest BCUT2D eigenvalue weighted by Gasteiger charge is 2.26. The first-order valence-corrected chi connectivity index (χ1v) is 7.16. The largest absolute Gasteiger partial charge is 0.449 e. The van der Waals surface area contributed by atoms with Gasteiger partial charge in [0.2, 0.25) is 0 Å². The van der Waals surface area contributed by atoms with Crippen molar-refractivity contribution in [2.24, 2.45) is 0 Å². The molecule has 0 radical (unpaired) electrons. The maximum Gasteiger partial charge on any atom is 0.409 e. The zero-order valence-corrected chi connectivity index (χ0v) is 12.4. The lowest BCUT2D eigenvalue weighted by molar-refractivity contribution is -0.118. The molecule has 0 aromatic rings. The van der Waals surface area contributed by atoms with E-state index in [4.69, 9.17) is 4.74 Å². The molecule has 0 N–H and O–H groups in total. The molecule has 1 aliphatic heterocycles. The van der Waals surface area contributed by atoms with Crippen LogP contribution in [0.15, 0.2) is 0 Å². The predicted molar refractivity (Wildman–Crippen MR) is 74.2 cm³/mol. The Bertz CT molecular complexity index is 299. The summed E-state index contributed by atoms with van der Waals surface area (Å²) in [6, 6.07) is 0.234. The summed E-state index contributed by atoms with van der Waals surface area (Å²) in [5, 5.41) is 0. The number of piperidine rings is 1. The summed E-state index contributed by atoms with van der Waals surface area (Å²) in [6.45, 7) is 6.46. The van der Waals surface area contributed by atoms with Gasteiger partial charge in [0.1, 0.15) is 5.78 Å². The van der Waals surface area contributed by atoms with Crippen LogP contribution in [0.2, 0.25) is 0 Å². The van der Waals surface area contributed by atoms with Gasteiger partial charge in [0.15, 0.2) is 0 Å². The Labute approximate surface area is 115 Å². The van der Waals surface area contributed by atoms with E-state index in [2.05, 4.69) is 11.8 Å². The average molecular weight is 270 g/mol. The summed E-state index contributed by atoms with van der Waals surface area (Å²) >= 11 is 0. The van der Waals surface area contributed by atoms with Crippen LogP contribution in [0.25, 0.3) is 0 Å². The summed E-state index contributed by atoms with van der Waals surface area (Å²) in [5.74, 6) is 0.200. The minimum Gasteiger partial charge on any atom is -0.449 e. The number of hydrogen-bond donors (Lipinski definition) is 0. The lowest BCUT2D eigenvalue weighted by atomic mass is 10.0. The third-order valence-corrected chi connectivity index (χ3v) is 3.56. The van der Waals surface area contributed by atoms with E-state index in [9.17, 15) is 9.59 Å². The van der Waals surface area contributed by atoms with E-state index >= 15 is 0 Å². The fourth-order valence-corrected chi connectivity index (χ4v) is 2.33. The molecule has 0 aromatic heterocycles. The van der Waals surface area contributed by atoms with Crippen LogP contribution in [0.5, 0.6) is 0 Å². The predicted octanol–water partition coefficient (Wildman–Crippen LogP) is 1.91. The van der Waals surface area contributed by atoms with Crippen LogP contribution >= 0.6 is 0 Å². The van der Waals surface area contributed by atoms with Gasteiger partial charge >= 0.3 is 6.09 Å². The third kappa shape index (κ3) is 5.59. The minimum atomic E-state index is -0.224. The molecule has 5 heteroatoms. The number of hydrogen-bond acceptors (Lipinski definition) is 4. The molecule has 1 fully saturated rings. The average Bonchev–Trinajstić information content (AvgIpc) is 2.38. The number of likely N-dealkylation sites (tertiary alicyclic amines) is 1. The second kappa shape index (κ2) is 8.15. The van der Waals surface area contributed by atoms with Crippen LogP contribution in [0.4, 0.5) is 4.79 Å². The molecular weight excluding hydrogens is 244 g/mol. The first kappa shape index (κ1) is 16.0. The van der Waals surface area contributed by atoms with Gasteiger partial charge < -0.3 is 9.64 Å². The van der Waals surface area contributed by atoms with Gasteiger partial charge in [-0.05, 0) is 26.2 Å². The number of carbonyl (C=O) groups is 2. The van der Waals surface area contributed by atoms with Gasteiger partial charge in [0.25, 0.3) is 0 Å². The van der Waals surface area contributed by atoms with Gasteiger partial charge in [-0.15, -0.1) is 0 Å². The van der Waals surface area contributed by atoms with E-state index in [-0.39, 0.29) is 17.9 Å². The lowest BCUT2D eigenvalue weighted by Crippen LogP contribution is -2.46. The van der Waals surface area contributed by atoms with Crippen LogP contribution in [0.1, 0.15) is 39.5 Å². The topological polar surface area (TPSA) is 49.9 Å². The van der Waals surface area contributed by atoms with Crippen LogP contribution < -0.4 is 0 Å². The number of unbranched alkanes of at least 4 members (excludes halogenated alkanes) is 1. The molecule has 0 unspecified atom stereocenters.